The SMILES string of the molecule is CC(C)(C)c1ccc(/C=C(\C#N)S(=O)(=O)c2ccccc2)n1-c1ccccc1F. The fourth-order valence-electron chi connectivity index (χ4n) is 3.08. The molecule has 3 rings (SSSR count). The maximum absolute atomic E-state index is 14.6. The van der Waals surface area contributed by atoms with E-state index in [0.29, 0.717) is 11.4 Å². The van der Waals surface area contributed by atoms with Gasteiger partial charge in [0.05, 0.1) is 10.6 Å². The lowest BCUT2D eigenvalue weighted by atomic mass is 9.92. The average Bonchev–Trinajstić information content (AvgIpc) is 3.11. The highest BCUT2D eigenvalue weighted by atomic mass is 32.2. The molecule has 148 valence electrons. The third kappa shape index (κ3) is 4.01. The standard InChI is InChI=1S/C23H21FN2O2S/c1-23(2,3)22-14-13-17(26(22)21-12-8-7-11-20(21)24)15-19(16-25)29(27,28)18-9-5-4-6-10-18/h4-15H,1-3H3/b19-15+. The molecule has 0 aliphatic carbocycles. The molecule has 0 atom stereocenters. The minimum Gasteiger partial charge on any atom is -0.311 e. The summed E-state index contributed by atoms with van der Waals surface area (Å²) in [4.78, 5) is -0.368. The van der Waals surface area contributed by atoms with Crippen LogP contribution in [0.1, 0.15) is 32.2 Å². The van der Waals surface area contributed by atoms with Crippen LogP contribution in [0.2, 0.25) is 0 Å². The Balaban J connectivity index is 2.26. The number of para-hydroxylation sites is 1. The molecule has 0 fully saturated rings. The van der Waals surface area contributed by atoms with Gasteiger partial charge < -0.3 is 4.57 Å². The highest BCUT2D eigenvalue weighted by Gasteiger charge is 2.25. The van der Waals surface area contributed by atoms with E-state index in [9.17, 15) is 18.1 Å². The molecule has 0 saturated heterocycles. The molecule has 0 amide bonds. The number of sulfone groups is 1. The first kappa shape index (κ1) is 20.6. The Labute approximate surface area is 170 Å². The van der Waals surface area contributed by atoms with E-state index in [2.05, 4.69) is 0 Å². The molecular weight excluding hydrogens is 387 g/mol. The maximum Gasteiger partial charge on any atom is 0.216 e. The van der Waals surface area contributed by atoms with Crippen LogP contribution >= 0.6 is 0 Å². The number of allylic oxidation sites excluding steroid dienone is 1. The first-order valence-corrected chi connectivity index (χ1v) is 10.5. The summed E-state index contributed by atoms with van der Waals surface area (Å²) in [6.45, 7) is 5.96. The van der Waals surface area contributed by atoms with E-state index in [1.165, 1.54) is 24.3 Å². The zero-order chi connectivity index (χ0) is 21.2. The van der Waals surface area contributed by atoms with Crippen molar-refractivity contribution in [3.05, 3.63) is 88.8 Å². The fraction of sp³-hybridized carbons (Fsp3) is 0.174. The van der Waals surface area contributed by atoms with E-state index < -0.39 is 20.6 Å². The van der Waals surface area contributed by atoms with Gasteiger partial charge in [-0.3, -0.25) is 0 Å². The minimum absolute atomic E-state index is 0.0350. The zero-order valence-electron chi connectivity index (χ0n) is 16.4. The van der Waals surface area contributed by atoms with Crippen LogP contribution in [-0.2, 0) is 15.3 Å². The van der Waals surface area contributed by atoms with Crippen molar-refractivity contribution in [2.75, 3.05) is 0 Å². The summed E-state index contributed by atoms with van der Waals surface area (Å²) in [5.41, 5.74) is 1.17. The van der Waals surface area contributed by atoms with E-state index in [1.807, 2.05) is 26.8 Å². The van der Waals surface area contributed by atoms with Gasteiger partial charge >= 0.3 is 0 Å². The van der Waals surface area contributed by atoms with Crippen molar-refractivity contribution in [2.45, 2.75) is 31.1 Å². The van der Waals surface area contributed by atoms with Crippen LogP contribution in [0.4, 0.5) is 4.39 Å². The van der Waals surface area contributed by atoms with Crippen molar-refractivity contribution in [3.8, 4) is 11.8 Å². The number of benzene rings is 2. The van der Waals surface area contributed by atoms with Gasteiger partial charge in [-0.2, -0.15) is 5.26 Å². The lowest BCUT2D eigenvalue weighted by Crippen LogP contribution is -2.18. The molecular formula is C23H21FN2O2S. The molecule has 0 saturated carbocycles. The highest BCUT2D eigenvalue weighted by Crippen LogP contribution is 2.31. The Hall–Kier alpha value is -3.17. The number of nitrogens with zero attached hydrogens (tertiary/aromatic N) is 2. The smallest absolute Gasteiger partial charge is 0.216 e. The van der Waals surface area contributed by atoms with Crippen molar-refractivity contribution in [1.82, 2.24) is 4.57 Å². The van der Waals surface area contributed by atoms with Crippen LogP contribution in [0.3, 0.4) is 0 Å². The van der Waals surface area contributed by atoms with Crippen molar-refractivity contribution in [3.63, 3.8) is 0 Å². The molecule has 29 heavy (non-hydrogen) atoms. The van der Waals surface area contributed by atoms with Gasteiger partial charge in [0.2, 0.25) is 9.84 Å². The Bertz CT molecular complexity index is 1210. The first-order chi connectivity index (χ1) is 13.7. The van der Waals surface area contributed by atoms with Gasteiger partial charge in [0.15, 0.2) is 4.91 Å². The molecule has 0 bridgehead atoms. The molecule has 0 radical (unpaired) electrons. The Kier molecular flexibility index (Phi) is 5.45. The Morgan fingerprint density at radius 3 is 2.21 bits per heavy atom. The second kappa shape index (κ2) is 7.69. The van der Waals surface area contributed by atoms with Gasteiger partial charge in [-0.1, -0.05) is 51.1 Å². The summed E-state index contributed by atoms with van der Waals surface area (Å²) in [6, 6.07) is 19.4. The summed E-state index contributed by atoms with van der Waals surface area (Å²) in [5.74, 6) is -0.437. The summed E-state index contributed by atoms with van der Waals surface area (Å²) < 4.78 is 42.1. The normalized spacial score (nSPS) is 12.6. The number of halogens is 1. The van der Waals surface area contributed by atoms with Crippen LogP contribution in [0, 0.1) is 17.1 Å². The molecule has 6 heteroatoms. The minimum atomic E-state index is -3.99. The third-order valence-corrected chi connectivity index (χ3v) is 6.19. The lowest BCUT2D eigenvalue weighted by Gasteiger charge is -2.23. The second-order valence-corrected chi connectivity index (χ2v) is 9.54. The van der Waals surface area contributed by atoms with Crippen LogP contribution < -0.4 is 0 Å². The van der Waals surface area contributed by atoms with E-state index in [0.717, 1.165) is 5.69 Å². The van der Waals surface area contributed by atoms with Gasteiger partial charge in [0, 0.05) is 16.8 Å². The second-order valence-electron chi connectivity index (χ2n) is 7.62. The van der Waals surface area contributed by atoms with Crippen LogP contribution in [0.15, 0.2) is 76.5 Å². The number of aromatic nitrogens is 1. The van der Waals surface area contributed by atoms with Crippen LogP contribution in [0.25, 0.3) is 11.8 Å². The largest absolute Gasteiger partial charge is 0.311 e. The molecule has 0 unspecified atom stereocenters. The van der Waals surface area contributed by atoms with Gasteiger partial charge in [-0.25, -0.2) is 12.8 Å². The van der Waals surface area contributed by atoms with Crippen LogP contribution in [-0.4, -0.2) is 13.0 Å². The summed E-state index contributed by atoms with van der Waals surface area (Å²) in [7, 11) is -3.99. The molecule has 3 aromatic rings. The van der Waals surface area contributed by atoms with Crippen molar-refractivity contribution in [2.24, 2.45) is 0 Å². The third-order valence-electron chi connectivity index (χ3n) is 4.51. The molecule has 1 heterocycles. The summed E-state index contributed by atoms with van der Waals surface area (Å²) in [5, 5.41) is 9.59. The summed E-state index contributed by atoms with van der Waals surface area (Å²) in [6.07, 6.45) is 1.30. The number of nitriles is 1. The first-order valence-electron chi connectivity index (χ1n) is 9.05. The van der Waals surface area contributed by atoms with E-state index in [-0.39, 0.29) is 10.3 Å². The van der Waals surface area contributed by atoms with Crippen molar-refractivity contribution >= 4 is 15.9 Å². The lowest BCUT2D eigenvalue weighted by molar-refractivity contribution is 0.547. The number of hydrogen-bond donors (Lipinski definition) is 0. The van der Waals surface area contributed by atoms with E-state index in [4.69, 9.17) is 0 Å². The van der Waals surface area contributed by atoms with Crippen molar-refractivity contribution in [1.29, 1.82) is 5.26 Å². The van der Waals surface area contributed by atoms with Crippen molar-refractivity contribution < 1.29 is 12.8 Å². The summed E-state index contributed by atoms with van der Waals surface area (Å²) >= 11 is 0. The highest BCUT2D eigenvalue weighted by molar-refractivity contribution is 7.95. The van der Waals surface area contributed by atoms with E-state index in [1.54, 1.807) is 53.1 Å². The molecule has 0 aliphatic rings. The molecule has 0 N–H and O–H groups in total. The van der Waals surface area contributed by atoms with Crippen LogP contribution in [0.5, 0.6) is 0 Å². The molecule has 1 aromatic heterocycles. The average molecular weight is 408 g/mol. The zero-order valence-corrected chi connectivity index (χ0v) is 17.2. The topological polar surface area (TPSA) is 62.9 Å². The fourth-order valence-corrected chi connectivity index (χ4v) is 4.25. The molecule has 0 aliphatic heterocycles. The van der Waals surface area contributed by atoms with E-state index >= 15 is 0 Å². The number of rotatable bonds is 4. The predicted octanol–water partition coefficient (Wildman–Crippen LogP) is 5.25. The molecule has 2 aromatic carbocycles. The Morgan fingerprint density at radius 2 is 1.62 bits per heavy atom. The number of hydrogen-bond acceptors (Lipinski definition) is 3. The molecule has 0 spiro atoms. The Morgan fingerprint density at radius 1 is 1.00 bits per heavy atom. The van der Waals surface area contributed by atoms with Gasteiger partial charge in [-0.15, -0.1) is 0 Å². The quantitative estimate of drug-likeness (QED) is 0.554. The monoisotopic (exact) mass is 408 g/mol. The molecule has 4 nitrogen and oxygen atoms in total. The van der Waals surface area contributed by atoms with Gasteiger partial charge in [0.25, 0.3) is 0 Å². The van der Waals surface area contributed by atoms with Gasteiger partial charge in [-0.05, 0) is 42.5 Å². The predicted molar refractivity (Wildman–Crippen MR) is 112 cm³/mol. The maximum atomic E-state index is 14.6. The van der Waals surface area contributed by atoms with Gasteiger partial charge in [0.1, 0.15) is 11.9 Å².